The third kappa shape index (κ3) is 2.99. The first-order valence-corrected chi connectivity index (χ1v) is 5.64. The maximum absolute atomic E-state index is 9.10. The summed E-state index contributed by atoms with van der Waals surface area (Å²) in [6, 6.07) is 11.0. The summed E-state index contributed by atoms with van der Waals surface area (Å²) in [5.41, 5.74) is 1.63. The summed E-state index contributed by atoms with van der Waals surface area (Å²) in [6.45, 7) is 0.343. The molecule has 0 aliphatic carbocycles. The molecule has 1 aromatic heterocycles. The third-order valence-electron chi connectivity index (χ3n) is 2.51. The molecule has 0 spiro atoms. The lowest BCUT2D eigenvalue weighted by Gasteiger charge is -2.11. The molecule has 1 heterocycles. The van der Waals surface area contributed by atoms with Gasteiger partial charge in [-0.15, -0.1) is 0 Å². The molecule has 0 saturated carbocycles. The third-order valence-corrected chi connectivity index (χ3v) is 2.51. The van der Waals surface area contributed by atoms with Crippen molar-refractivity contribution in [3.05, 3.63) is 53.9 Å². The lowest BCUT2D eigenvalue weighted by molar-refractivity contribution is 0.270. The Hall–Kier alpha value is -2.07. The summed E-state index contributed by atoms with van der Waals surface area (Å²) in [5, 5.41) is 9.10. The van der Waals surface area contributed by atoms with E-state index in [1.807, 2.05) is 18.2 Å². The van der Waals surface area contributed by atoms with Gasteiger partial charge < -0.3 is 14.6 Å². The van der Waals surface area contributed by atoms with Crippen LogP contribution in [0.3, 0.4) is 0 Å². The SMILES string of the molecule is COc1ccc(CO)cc1OCc1ccccn1. The van der Waals surface area contributed by atoms with E-state index in [9.17, 15) is 0 Å². The van der Waals surface area contributed by atoms with E-state index < -0.39 is 0 Å². The van der Waals surface area contributed by atoms with E-state index in [2.05, 4.69) is 4.98 Å². The second-order valence-corrected chi connectivity index (χ2v) is 3.75. The molecule has 0 radical (unpaired) electrons. The monoisotopic (exact) mass is 245 g/mol. The molecule has 0 fully saturated rings. The van der Waals surface area contributed by atoms with E-state index in [0.29, 0.717) is 18.1 Å². The van der Waals surface area contributed by atoms with E-state index in [1.54, 1.807) is 31.5 Å². The number of rotatable bonds is 5. The number of hydrogen-bond acceptors (Lipinski definition) is 4. The Morgan fingerprint density at radius 1 is 1.17 bits per heavy atom. The Labute approximate surface area is 106 Å². The largest absolute Gasteiger partial charge is 0.493 e. The molecule has 2 aromatic rings. The molecular formula is C14H15NO3. The van der Waals surface area contributed by atoms with E-state index >= 15 is 0 Å². The number of ether oxygens (including phenoxy) is 2. The molecule has 2 rings (SSSR count). The number of hydrogen-bond donors (Lipinski definition) is 1. The fourth-order valence-electron chi connectivity index (χ4n) is 1.57. The van der Waals surface area contributed by atoms with Gasteiger partial charge in [0.1, 0.15) is 6.61 Å². The van der Waals surface area contributed by atoms with E-state index in [4.69, 9.17) is 14.6 Å². The van der Waals surface area contributed by atoms with Crippen LogP contribution in [0.1, 0.15) is 11.3 Å². The molecule has 0 unspecified atom stereocenters. The van der Waals surface area contributed by atoms with Crippen molar-refractivity contribution < 1.29 is 14.6 Å². The smallest absolute Gasteiger partial charge is 0.162 e. The Bertz CT molecular complexity index is 500. The van der Waals surface area contributed by atoms with Gasteiger partial charge in [0, 0.05) is 6.20 Å². The molecule has 0 atom stereocenters. The van der Waals surface area contributed by atoms with Crippen LogP contribution in [0.15, 0.2) is 42.6 Å². The minimum atomic E-state index is -0.0239. The van der Waals surface area contributed by atoms with E-state index in [1.165, 1.54) is 0 Å². The highest BCUT2D eigenvalue weighted by Gasteiger charge is 2.06. The van der Waals surface area contributed by atoms with Crippen LogP contribution in [0.5, 0.6) is 11.5 Å². The number of aliphatic hydroxyl groups is 1. The van der Waals surface area contributed by atoms with Gasteiger partial charge in [0.2, 0.25) is 0 Å². The Morgan fingerprint density at radius 3 is 2.72 bits per heavy atom. The van der Waals surface area contributed by atoms with Crippen molar-refractivity contribution in [2.45, 2.75) is 13.2 Å². The standard InChI is InChI=1S/C14H15NO3/c1-17-13-6-5-11(9-16)8-14(13)18-10-12-4-2-3-7-15-12/h2-8,16H,9-10H2,1H3. The van der Waals surface area contributed by atoms with Gasteiger partial charge in [-0.05, 0) is 29.8 Å². The van der Waals surface area contributed by atoms with Gasteiger partial charge in [0.15, 0.2) is 11.5 Å². The van der Waals surface area contributed by atoms with Crippen LogP contribution in [0, 0.1) is 0 Å². The zero-order chi connectivity index (χ0) is 12.8. The van der Waals surface area contributed by atoms with Gasteiger partial charge in [-0.25, -0.2) is 0 Å². The number of aliphatic hydroxyl groups excluding tert-OH is 1. The van der Waals surface area contributed by atoms with Crippen LogP contribution < -0.4 is 9.47 Å². The predicted octanol–water partition coefficient (Wildman–Crippen LogP) is 2.16. The zero-order valence-corrected chi connectivity index (χ0v) is 10.2. The summed E-state index contributed by atoms with van der Waals surface area (Å²) in [6.07, 6.45) is 1.72. The molecule has 1 aromatic carbocycles. The quantitative estimate of drug-likeness (QED) is 0.877. The maximum atomic E-state index is 9.10. The molecular weight excluding hydrogens is 230 g/mol. The minimum Gasteiger partial charge on any atom is -0.493 e. The molecule has 0 aliphatic rings. The predicted molar refractivity (Wildman–Crippen MR) is 67.5 cm³/mol. The van der Waals surface area contributed by atoms with Crippen molar-refractivity contribution in [2.24, 2.45) is 0 Å². The van der Waals surface area contributed by atoms with Crippen LogP contribution in [0.4, 0.5) is 0 Å². The molecule has 0 amide bonds. The molecule has 0 aliphatic heterocycles. The number of methoxy groups -OCH3 is 1. The number of nitrogens with zero attached hydrogens (tertiary/aromatic N) is 1. The summed E-state index contributed by atoms with van der Waals surface area (Å²) in [4.78, 5) is 4.18. The average Bonchev–Trinajstić information content (AvgIpc) is 2.45. The fourth-order valence-corrected chi connectivity index (χ4v) is 1.57. The van der Waals surface area contributed by atoms with Crippen molar-refractivity contribution in [3.63, 3.8) is 0 Å². The van der Waals surface area contributed by atoms with Crippen molar-refractivity contribution >= 4 is 0 Å². The van der Waals surface area contributed by atoms with Gasteiger partial charge in [0.25, 0.3) is 0 Å². The number of aromatic nitrogens is 1. The fraction of sp³-hybridized carbons (Fsp3) is 0.214. The molecule has 18 heavy (non-hydrogen) atoms. The maximum Gasteiger partial charge on any atom is 0.162 e. The lowest BCUT2D eigenvalue weighted by Crippen LogP contribution is -2.00. The van der Waals surface area contributed by atoms with Gasteiger partial charge in [0.05, 0.1) is 19.4 Å². The zero-order valence-electron chi connectivity index (χ0n) is 10.2. The van der Waals surface area contributed by atoms with Gasteiger partial charge in [-0.1, -0.05) is 12.1 Å². The van der Waals surface area contributed by atoms with Crippen LogP contribution in [-0.4, -0.2) is 17.2 Å². The summed E-state index contributed by atoms with van der Waals surface area (Å²) >= 11 is 0. The van der Waals surface area contributed by atoms with Gasteiger partial charge in [-0.3, -0.25) is 4.98 Å². The lowest BCUT2D eigenvalue weighted by atomic mass is 10.2. The normalized spacial score (nSPS) is 10.1. The molecule has 0 bridgehead atoms. The van der Waals surface area contributed by atoms with Crippen LogP contribution in [0.2, 0.25) is 0 Å². The minimum absolute atomic E-state index is 0.0239. The van der Waals surface area contributed by atoms with Crippen LogP contribution in [0.25, 0.3) is 0 Å². The number of benzene rings is 1. The highest BCUT2D eigenvalue weighted by Crippen LogP contribution is 2.28. The first kappa shape index (κ1) is 12.4. The van der Waals surface area contributed by atoms with Crippen molar-refractivity contribution in [3.8, 4) is 11.5 Å². The molecule has 4 heteroatoms. The van der Waals surface area contributed by atoms with Crippen molar-refractivity contribution in [2.75, 3.05) is 7.11 Å². The topological polar surface area (TPSA) is 51.6 Å². The second kappa shape index (κ2) is 6.02. The Kier molecular flexibility index (Phi) is 4.15. The van der Waals surface area contributed by atoms with Gasteiger partial charge >= 0.3 is 0 Å². The highest BCUT2D eigenvalue weighted by atomic mass is 16.5. The molecule has 94 valence electrons. The van der Waals surface area contributed by atoms with Crippen molar-refractivity contribution in [1.29, 1.82) is 0 Å². The Morgan fingerprint density at radius 2 is 2.06 bits per heavy atom. The first-order chi connectivity index (χ1) is 8.83. The molecule has 0 saturated heterocycles. The van der Waals surface area contributed by atoms with E-state index in [0.717, 1.165) is 11.3 Å². The van der Waals surface area contributed by atoms with Crippen molar-refractivity contribution in [1.82, 2.24) is 4.98 Å². The summed E-state index contributed by atoms with van der Waals surface area (Å²) in [7, 11) is 1.58. The summed E-state index contributed by atoms with van der Waals surface area (Å²) < 4.78 is 10.9. The Balaban J connectivity index is 2.12. The van der Waals surface area contributed by atoms with Crippen LogP contribution >= 0.6 is 0 Å². The highest BCUT2D eigenvalue weighted by molar-refractivity contribution is 5.42. The van der Waals surface area contributed by atoms with Gasteiger partial charge in [-0.2, -0.15) is 0 Å². The molecule has 4 nitrogen and oxygen atoms in total. The average molecular weight is 245 g/mol. The summed E-state index contributed by atoms with van der Waals surface area (Å²) in [5.74, 6) is 1.25. The molecule has 1 N–H and O–H groups in total. The van der Waals surface area contributed by atoms with Crippen LogP contribution in [-0.2, 0) is 13.2 Å². The number of pyridine rings is 1. The van der Waals surface area contributed by atoms with E-state index in [-0.39, 0.29) is 6.61 Å². The second-order valence-electron chi connectivity index (χ2n) is 3.75. The first-order valence-electron chi connectivity index (χ1n) is 5.64.